The maximum Gasteiger partial charge on any atom is 0.407 e. The SMILES string of the molecule is Fc1cccc2[nH]ccc12.[C-]#[N+]c1ccc(CC(=O)C(C)(C)Br)cc1C(F)(F)F.[C-]#[N+]c1ccc(CC(=O)C(C)(C)n2ccc3c(F)cccc32)cc1C(F)(F)F. The van der Waals surface area contributed by atoms with Crippen LogP contribution in [0.2, 0.25) is 0 Å². The van der Waals surface area contributed by atoms with Crippen LogP contribution in [0.5, 0.6) is 0 Å². The lowest BCUT2D eigenvalue weighted by Crippen LogP contribution is -2.36. The molecule has 0 fully saturated rings. The monoisotopic (exact) mass is 856 g/mol. The van der Waals surface area contributed by atoms with Crippen LogP contribution < -0.4 is 0 Å². The Morgan fingerprint density at radius 1 is 0.684 bits per heavy atom. The number of carbonyl (C=O) groups excluding carboxylic acids is 2. The van der Waals surface area contributed by atoms with Crippen molar-refractivity contribution in [2.45, 2.75) is 62.8 Å². The molecule has 15 heteroatoms. The number of benzene rings is 4. The first-order valence-corrected chi connectivity index (χ1v) is 17.7. The summed E-state index contributed by atoms with van der Waals surface area (Å²) in [4.78, 5) is 33.3. The molecule has 0 saturated carbocycles. The highest BCUT2D eigenvalue weighted by atomic mass is 79.9. The van der Waals surface area contributed by atoms with Crippen molar-refractivity contribution >= 4 is 60.7 Å². The Kier molecular flexibility index (Phi) is 13.2. The molecule has 6 nitrogen and oxygen atoms in total. The number of Topliss-reactive ketones (excluding diaryl/α,β-unsaturated/α-hetero) is 2. The predicted octanol–water partition coefficient (Wildman–Crippen LogP) is 12.7. The molecule has 2 aromatic heterocycles. The smallest absolute Gasteiger partial charge is 0.361 e. The van der Waals surface area contributed by atoms with Gasteiger partial charge in [0.1, 0.15) is 11.6 Å². The minimum atomic E-state index is -4.68. The summed E-state index contributed by atoms with van der Waals surface area (Å²) in [6.07, 6.45) is -6.31. The lowest BCUT2D eigenvalue weighted by Gasteiger charge is -2.27. The molecule has 0 aliphatic heterocycles. The van der Waals surface area contributed by atoms with Crippen LogP contribution in [0.1, 0.15) is 49.9 Å². The Bertz CT molecular complexity index is 2510. The molecule has 0 amide bonds. The van der Waals surface area contributed by atoms with Gasteiger partial charge in [-0.25, -0.2) is 18.5 Å². The van der Waals surface area contributed by atoms with E-state index in [0.29, 0.717) is 16.3 Å². The number of nitrogens with one attached hydrogen (secondary N) is 1. The van der Waals surface area contributed by atoms with Gasteiger partial charge in [0.05, 0.1) is 39.7 Å². The molecule has 0 bridgehead atoms. The lowest BCUT2D eigenvalue weighted by atomic mass is 9.92. The molecule has 2 heterocycles. The number of ketones is 2. The zero-order valence-corrected chi connectivity index (χ0v) is 32.3. The van der Waals surface area contributed by atoms with E-state index in [1.54, 1.807) is 68.9 Å². The Morgan fingerprint density at radius 2 is 1.18 bits per heavy atom. The fraction of sp³-hybridized carbons (Fsp3) is 0.238. The second-order valence-electron chi connectivity index (χ2n) is 13.7. The van der Waals surface area contributed by atoms with Crippen molar-refractivity contribution < 1.29 is 44.7 Å². The van der Waals surface area contributed by atoms with Crippen molar-refractivity contribution in [3.63, 3.8) is 0 Å². The maximum atomic E-state index is 13.9. The first-order chi connectivity index (χ1) is 26.5. The standard InChI is InChI=1S/C21H16F4N2O.C13H11BrF3NO.C8H6FN/c1-20(2,27-10-9-14-16(22)5-4-6-18(14)27)19(28)12-13-7-8-17(26-3)15(11-13)21(23,24)25;1-12(2,14)11(19)7-8-4-5-10(18-3)9(6-8)13(15,16)17;9-7-2-1-3-8-6(7)4-5-10-8/h4-11H,12H2,1-2H3;4-6H,7H2,1-2H3;1-5,10H. The number of hydrogen-bond acceptors (Lipinski definition) is 2. The topological polar surface area (TPSA) is 63.6 Å². The first-order valence-electron chi connectivity index (χ1n) is 16.9. The summed E-state index contributed by atoms with van der Waals surface area (Å²) >= 11 is 3.17. The largest absolute Gasteiger partial charge is 0.407 e. The van der Waals surface area contributed by atoms with Crippen LogP contribution in [0, 0.1) is 24.8 Å². The Hall–Kier alpha value is -5.80. The van der Waals surface area contributed by atoms with E-state index in [1.165, 1.54) is 30.3 Å². The van der Waals surface area contributed by atoms with Gasteiger partial charge in [-0.2, -0.15) is 26.3 Å². The Labute approximate surface area is 330 Å². The second-order valence-corrected chi connectivity index (χ2v) is 15.7. The number of fused-ring (bicyclic) bond motifs is 2. The van der Waals surface area contributed by atoms with Crippen LogP contribution in [-0.4, -0.2) is 25.4 Å². The number of hydrogen-bond donors (Lipinski definition) is 1. The van der Waals surface area contributed by atoms with Gasteiger partial charge >= 0.3 is 12.4 Å². The molecule has 0 atom stereocenters. The molecular weight excluding hydrogens is 824 g/mol. The van der Waals surface area contributed by atoms with E-state index in [2.05, 4.69) is 30.6 Å². The van der Waals surface area contributed by atoms with Gasteiger partial charge in [-0.3, -0.25) is 9.59 Å². The summed E-state index contributed by atoms with van der Waals surface area (Å²) in [5.41, 5.74) is -2.34. The van der Waals surface area contributed by atoms with E-state index >= 15 is 0 Å². The third kappa shape index (κ3) is 10.5. The van der Waals surface area contributed by atoms with Crippen molar-refractivity contribution in [3.05, 3.63) is 154 Å². The van der Waals surface area contributed by atoms with Gasteiger partial charge in [0, 0.05) is 41.5 Å². The molecule has 0 spiro atoms. The first kappa shape index (κ1) is 43.9. The fourth-order valence-electron chi connectivity index (χ4n) is 5.63. The Morgan fingerprint density at radius 3 is 1.65 bits per heavy atom. The Balaban J connectivity index is 0.000000212. The summed E-state index contributed by atoms with van der Waals surface area (Å²) < 4.78 is 105. The van der Waals surface area contributed by atoms with Gasteiger partial charge < -0.3 is 9.55 Å². The summed E-state index contributed by atoms with van der Waals surface area (Å²) in [6.45, 7) is 20.2. The molecular formula is C42H33BrF8N4O2. The van der Waals surface area contributed by atoms with Gasteiger partial charge in [-0.15, -0.1) is 0 Å². The van der Waals surface area contributed by atoms with Gasteiger partial charge in [-0.05, 0) is 75.2 Å². The minimum absolute atomic E-state index is 0.111. The van der Waals surface area contributed by atoms with E-state index in [0.717, 1.165) is 29.8 Å². The van der Waals surface area contributed by atoms with Crippen molar-refractivity contribution in [2.75, 3.05) is 0 Å². The molecule has 296 valence electrons. The van der Waals surface area contributed by atoms with Gasteiger partial charge in [-0.1, -0.05) is 64.5 Å². The van der Waals surface area contributed by atoms with E-state index in [-0.39, 0.29) is 41.4 Å². The molecule has 57 heavy (non-hydrogen) atoms. The fourth-order valence-corrected chi connectivity index (χ4v) is 5.77. The third-order valence-electron chi connectivity index (χ3n) is 8.87. The van der Waals surface area contributed by atoms with Crippen molar-refractivity contribution in [1.29, 1.82) is 0 Å². The average Bonchev–Trinajstić information content (AvgIpc) is 3.81. The number of rotatable bonds is 7. The zero-order valence-electron chi connectivity index (χ0n) is 30.7. The molecule has 1 N–H and O–H groups in total. The molecule has 0 saturated heterocycles. The number of aromatic amines is 1. The number of H-pyrrole nitrogens is 1. The number of nitrogens with zero attached hydrogens (tertiary/aromatic N) is 3. The van der Waals surface area contributed by atoms with Crippen LogP contribution >= 0.6 is 15.9 Å². The number of carbonyl (C=O) groups is 2. The number of halogens is 9. The summed E-state index contributed by atoms with van der Waals surface area (Å²) in [5.74, 6) is -1.14. The molecule has 0 unspecified atom stereocenters. The summed E-state index contributed by atoms with van der Waals surface area (Å²) in [6, 6.07) is 19.4. The van der Waals surface area contributed by atoms with Crippen LogP contribution in [0.3, 0.4) is 0 Å². The third-order valence-corrected chi connectivity index (χ3v) is 9.31. The molecule has 6 rings (SSSR count). The number of alkyl halides is 7. The quantitative estimate of drug-likeness (QED) is 0.0987. The van der Waals surface area contributed by atoms with E-state index < -0.39 is 50.5 Å². The molecule has 0 radical (unpaired) electrons. The van der Waals surface area contributed by atoms with Gasteiger partial charge in [0.15, 0.2) is 22.9 Å². The van der Waals surface area contributed by atoms with Crippen LogP contribution in [0.4, 0.5) is 46.5 Å². The van der Waals surface area contributed by atoms with Crippen molar-refractivity contribution in [3.8, 4) is 0 Å². The normalized spacial score (nSPS) is 11.8. The minimum Gasteiger partial charge on any atom is -0.361 e. The molecule has 4 aromatic carbocycles. The van der Waals surface area contributed by atoms with E-state index in [1.807, 2.05) is 6.07 Å². The highest BCUT2D eigenvalue weighted by molar-refractivity contribution is 9.10. The van der Waals surface area contributed by atoms with Crippen LogP contribution in [0.15, 0.2) is 97.3 Å². The summed E-state index contributed by atoms with van der Waals surface area (Å²) in [5, 5.41) is 1.02. The second kappa shape index (κ2) is 17.1. The highest BCUT2D eigenvalue weighted by Gasteiger charge is 2.36. The summed E-state index contributed by atoms with van der Waals surface area (Å²) in [7, 11) is 0. The lowest BCUT2D eigenvalue weighted by molar-refractivity contribution is -0.137. The molecule has 0 aliphatic rings. The van der Waals surface area contributed by atoms with E-state index in [4.69, 9.17) is 13.1 Å². The molecule has 6 aromatic rings. The zero-order chi connectivity index (χ0) is 42.5. The van der Waals surface area contributed by atoms with Crippen molar-refractivity contribution in [2.24, 2.45) is 0 Å². The van der Waals surface area contributed by atoms with Crippen molar-refractivity contribution in [1.82, 2.24) is 9.55 Å². The average molecular weight is 858 g/mol. The maximum absolute atomic E-state index is 13.9. The van der Waals surface area contributed by atoms with Crippen LogP contribution in [0.25, 0.3) is 31.5 Å². The number of aromatic nitrogens is 2. The highest BCUT2D eigenvalue weighted by Crippen LogP contribution is 2.39. The van der Waals surface area contributed by atoms with E-state index in [9.17, 15) is 44.7 Å². The van der Waals surface area contributed by atoms with Gasteiger partial charge in [0.25, 0.3) is 0 Å². The van der Waals surface area contributed by atoms with Crippen LogP contribution in [-0.2, 0) is 40.3 Å². The predicted molar refractivity (Wildman–Crippen MR) is 205 cm³/mol. The molecule has 0 aliphatic carbocycles. The van der Waals surface area contributed by atoms with Gasteiger partial charge in [0.2, 0.25) is 0 Å².